The minimum Gasteiger partial charge on any atom is -0.435 e. The van der Waals surface area contributed by atoms with Crippen LogP contribution in [-0.2, 0) is 4.79 Å². The van der Waals surface area contributed by atoms with Crippen LogP contribution in [0.4, 0.5) is 23.5 Å². The smallest absolute Gasteiger partial charge is 0.387 e. The van der Waals surface area contributed by atoms with E-state index in [4.69, 9.17) is 0 Å². The van der Waals surface area contributed by atoms with Gasteiger partial charge in [0.2, 0.25) is 5.95 Å². The van der Waals surface area contributed by atoms with Gasteiger partial charge in [-0.3, -0.25) is 10.1 Å². The van der Waals surface area contributed by atoms with E-state index in [-0.39, 0.29) is 17.3 Å². The number of aromatic amines is 1. The number of nitrogens with one attached hydrogen (secondary N) is 2. The fraction of sp³-hybridized carbons (Fsp3) is 0.111. The molecular formula is C18H13F4N3O3. The van der Waals surface area contributed by atoms with Crippen molar-refractivity contribution in [3.8, 4) is 11.5 Å². The molecule has 0 bridgehead atoms. The van der Waals surface area contributed by atoms with Gasteiger partial charge in [-0.1, -0.05) is 12.1 Å². The lowest BCUT2D eigenvalue weighted by Crippen LogP contribution is -2.09. The van der Waals surface area contributed by atoms with E-state index < -0.39 is 24.9 Å². The zero-order valence-electron chi connectivity index (χ0n) is 14.0. The van der Waals surface area contributed by atoms with Crippen LogP contribution in [0.25, 0.3) is 17.1 Å². The molecular weight excluding hydrogens is 382 g/mol. The number of alkyl halides is 4. The molecule has 1 heterocycles. The topological polar surface area (TPSA) is 76.2 Å². The molecule has 0 aliphatic heterocycles. The van der Waals surface area contributed by atoms with Crippen molar-refractivity contribution in [3.63, 3.8) is 0 Å². The summed E-state index contributed by atoms with van der Waals surface area (Å²) in [6, 6.07) is 10.4. The second-order valence-corrected chi connectivity index (χ2v) is 5.38. The van der Waals surface area contributed by atoms with Crippen LogP contribution in [-0.4, -0.2) is 29.1 Å². The SMILES string of the molecule is O=C(/C=C/c1ccc(OC(F)F)cc1OC(F)F)Nc1nc2ccccc2[nH]1. The normalized spacial score (nSPS) is 11.5. The number of rotatable bonds is 7. The minimum atomic E-state index is -3.18. The van der Waals surface area contributed by atoms with Gasteiger partial charge in [0, 0.05) is 17.7 Å². The van der Waals surface area contributed by atoms with E-state index in [0.29, 0.717) is 5.52 Å². The Hall–Kier alpha value is -3.56. The zero-order chi connectivity index (χ0) is 20.1. The number of ether oxygens (including phenoxy) is 2. The summed E-state index contributed by atoms with van der Waals surface area (Å²) in [5.74, 6) is -1.15. The monoisotopic (exact) mass is 395 g/mol. The lowest BCUT2D eigenvalue weighted by molar-refractivity contribution is -0.111. The number of hydrogen-bond donors (Lipinski definition) is 2. The molecule has 0 atom stereocenters. The van der Waals surface area contributed by atoms with E-state index >= 15 is 0 Å². The molecule has 0 saturated carbocycles. The van der Waals surface area contributed by atoms with Crippen molar-refractivity contribution in [1.29, 1.82) is 0 Å². The zero-order valence-corrected chi connectivity index (χ0v) is 14.0. The van der Waals surface area contributed by atoms with Crippen LogP contribution in [0.3, 0.4) is 0 Å². The molecule has 0 unspecified atom stereocenters. The third kappa shape index (κ3) is 5.00. The van der Waals surface area contributed by atoms with E-state index in [0.717, 1.165) is 23.7 Å². The van der Waals surface area contributed by atoms with Crippen LogP contribution in [0.15, 0.2) is 48.5 Å². The summed E-state index contributed by atoms with van der Waals surface area (Å²) in [5, 5.41) is 2.49. The van der Waals surface area contributed by atoms with Gasteiger partial charge in [-0.2, -0.15) is 17.6 Å². The first-order chi connectivity index (χ1) is 13.4. The maximum atomic E-state index is 12.6. The van der Waals surface area contributed by atoms with Gasteiger partial charge < -0.3 is 14.5 Å². The summed E-state index contributed by atoms with van der Waals surface area (Å²) in [4.78, 5) is 19.1. The number of aromatic nitrogens is 2. The van der Waals surface area contributed by atoms with Gasteiger partial charge in [0.15, 0.2) is 0 Å². The van der Waals surface area contributed by atoms with Gasteiger partial charge in [0.25, 0.3) is 5.91 Å². The summed E-state index contributed by atoms with van der Waals surface area (Å²) in [5.41, 5.74) is 1.45. The molecule has 0 saturated heterocycles. The highest BCUT2D eigenvalue weighted by molar-refractivity contribution is 6.01. The highest BCUT2D eigenvalue weighted by Gasteiger charge is 2.12. The van der Waals surface area contributed by atoms with Crippen LogP contribution in [0, 0.1) is 0 Å². The Morgan fingerprint density at radius 3 is 2.54 bits per heavy atom. The van der Waals surface area contributed by atoms with E-state index in [1.54, 1.807) is 24.3 Å². The Morgan fingerprint density at radius 1 is 1.07 bits per heavy atom. The average molecular weight is 395 g/mol. The number of halogens is 4. The second-order valence-electron chi connectivity index (χ2n) is 5.38. The Balaban J connectivity index is 1.74. The van der Waals surface area contributed by atoms with Gasteiger partial charge in [-0.05, 0) is 30.3 Å². The van der Waals surface area contributed by atoms with Crippen LogP contribution in [0.1, 0.15) is 5.56 Å². The molecule has 1 aromatic heterocycles. The molecule has 0 spiro atoms. The molecule has 28 heavy (non-hydrogen) atoms. The third-order valence-electron chi connectivity index (χ3n) is 3.47. The molecule has 3 rings (SSSR count). The first kappa shape index (κ1) is 19.2. The number of fused-ring (bicyclic) bond motifs is 1. The van der Waals surface area contributed by atoms with Crippen LogP contribution in [0.5, 0.6) is 11.5 Å². The van der Waals surface area contributed by atoms with Crippen LogP contribution in [0.2, 0.25) is 0 Å². The number of para-hydroxylation sites is 2. The van der Waals surface area contributed by atoms with Gasteiger partial charge in [-0.15, -0.1) is 0 Å². The van der Waals surface area contributed by atoms with Crippen molar-refractivity contribution in [2.24, 2.45) is 0 Å². The molecule has 2 aromatic carbocycles. The number of imidazole rings is 1. The van der Waals surface area contributed by atoms with Crippen molar-refractivity contribution < 1.29 is 31.8 Å². The van der Waals surface area contributed by atoms with Gasteiger partial charge in [0.1, 0.15) is 11.5 Å². The van der Waals surface area contributed by atoms with Crippen LogP contribution < -0.4 is 14.8 Å². The molecule has 1 amide bonds. The summed E-state index contributed by atoms with van der Waals surface area (Å²) >= 11 is 0. The fourth-order valence-corrected chi connectivity index (χ4v) is 2.36. The molecule has 0 aliphatic carbocycles. The molecule has 146 valence electrons. The highest BCUT2D eigenvalue weighted by atomic mass is 19.3. The molecule has 6 nitrogen and oxygen atoms in total. The first-order valence-corrected chi connectivity index (χ1v) is 7.88. The van der Waals surface area contributed by atoms with Crippen LogP contribution >= 0.6 is 0 Å². The molecule has 10 heteroatoms. The number of hydrogen-bond acceptors (Lipinski definition) is 4. The Morgan fingerprint density at radius 2 is 1.82 bits per heavy atom. The predicted octanol–water partition coefficient (Wildman–Crippen LogP) is 4.42. The maximum Gasteiger partial charge on any atom is 0.387 e. The van der Waals surface area contributed by atoms with E-state index in [2.05, 4.69) is 24.8 Å². The van der Waals surface area contributed by atoms with Crippen molar-refractivity contribution in [1.82, 2.24) is 9.97 Å². The molecule has 2 N–H and O–H groups in total. The predicted molar refractivity (Wildman–Crippen MR) is 93.5 cm³/mol. The van der Waals surface area contributed by atoms with E-state index in [1.165, 1.54) is 12.1 Å². The number of carbonyl (C=O) groups excluding carboxylic acids is 1. The molecule has 0 aliphatic rings. The standard InChI is InChI=1S/C18H13F4N3O3/c19-16(20)27-11-7-5-10(14(9-11)28-17(21)22)6-8-15(26)25-18-23-12-3-1-2-4-13(12)24-18/h1-9,16-17H,(H2,23,24,25,26)/b8-6+. The summed E-state index contributed by atoms with van der Waals surface area (Å²) in [6.45, 7) is -6.30. The number of H-pyrrole nitrogens is 1. The molecule has 3 aromatic rings. The summed E-state index contributed by atoms with van der Waals surface area (Å²) in [7, 11) is 0. The number of nitrogens with zero attached hydrogens (tertiary/aromatic N) is 1. The van der Waals surface area contributed by atoms with Gasteiger partial charge in [0.05, 0.1) is 11.0 Å². The van der Waals surface area contributed by atoms with Crippen molar-refractivity contribution in [2.45, 2.75) is 13.2 Å². The Bertz CT molecular complexity index is 972. The largest absolute Gasteiger partial charge is 0.435 e. The number of amides is 1. The van der Waals surface area contributed by atoms with Crippen molar-refractivity contribution in [3.05, 3.63) is 54.1 Å². The molecule has 0 radical (unpaired) electrons. The Labute approximate surface area is 155 Å². The number of anilines is 1. The van der Waals surface area contributed by atoms with Gasteiger partial charge >= 0.3 is 13.2 Å². The molecule has 0 fully saturated rings. The highest BCUT2D eigenvalue weighted by Crippen LogP contribution is 2.28. The quantitative estimate of drug-likeness (QED) is 0.459. The maximum absolute atomic E-state index is 12.6. The average Bonchev–Trinajstić information content (AvgIpc) is 3.02. The van der Waals surface area contributed by atoms with Gasteiger partial charge in [-0.25, -0.2) is 4.98 Å². The summed E-state index contributed by atoms with van der Waals surface area (Å²) in [6.07, 6.45) is 2.26. The number of benzene rings is 2. The summed E-state index contributed by atoms with van der Waals surface area (Å²) < 4.78 is 58.1. The first-order valence-electron chi connectivity index (χ1n) is 7.88. The lowest BCUT2D eigenvalue weighted by atomic mass is 10.1. The third-order valence-corrected chi connectivity index (χ3v) is 3.47. The van der Waals surface area contributed by atoms with E-state index in [1.807, 2.05) is 0 Å². The minimum absolute atomic E-state index is 0.0710. The number of carbonyl (C=O) groups is 1. The Kier molecular flexibility index (Phi) is 5.78. The second kappa shape index (κ2) is 8.42. The fourth-order valence-electron chi connectivity index (χ4n) is 2.36. The van der Waals surface area contributed by atoms with Crippen molar-refractivity contribution >= 4 is 29.0 Å². The van der Waals surface area contributed by atoms with E-state index in [9.17, 15) is 22.4 Å². The van der Waals surface area contributed by atoms with Crippen molar-refractivity contribution in [2.75, 3.05) is 5.32 Å². The lowest BCUT2D eigenvalue weighted by Gasteiger charge is -2.11.